The lowest BCUT2D eigenvalue weighted by Crippen LogP contribution is -2.35. The van der Waals surface area contributed by atoms with Gasteiger partial charge in [-0.05, 0) is 44.4 Å². The largest absolute Gasteiger partial charge is 0.367 e. The Balaban J connectivity index is 2.88. The number of hydrogen-bond acceptors (Lipinski definition) is 3. The topological polar surface area (TPSA) is 28.2 Å². The summed E-state index contributed by atoms with van der Waals surface area (Å²) >= 11 is 0. The van der Waals surface area contributed by atoms with E-state index in [1.165, 1.54) is 17.7 Å². The molecular formula is C16H29N3. The summed E-state index contributed by atoms with van der Waals surface area (Å²) in [4.78, 5) is 6.77. The first-order valence-electron chi connectivity index (χ1n) is 7.46. The van der Waals surface area contributed by atoms with Crippen LogP contribution in [0.25, 0.3) is 0 Å². The van der Waals surface area contributed by atoms with Gasteiger partial charge in [0.05, 0.1) is 11.9 Å². The Morgan fingerprint density at radius 3 is 2.58 bits per heavy atom. The molecule has 19 heavy (non-hydrogen) atoms. The van der Waals surface area contributed by atoms with Gasteiger partial charge in [-0.1, -0.05) is 20.8 Å². The van der Waals surface area contributed by atoms with Gasteiger partial charge in [-0.25, -0.2) is 0 Å². The van der Waals surface area contributed by atoms with E-state index < -0.39 is 0 Å². The molecule has 1 N–H and O–H groups in total. The van der Waals surface area contributed by atoms with Crippen LogP contribution in [-0.2, 0) is 6.54 Å². The Bertz CT molecular complexity index is 361. The molecule has 0 fully saturated rings. The molecule has 0 unspecified atom stereocenters. The van der Waals surface area contributed by atoms with Crippen LogP contribution in [0.3, 0.4) is 0 Å². The Morgan fingerprint density at radius 1 is 1.26 bits per heavy atom. The van der Waals surface area contributed by atoms with E-state index in [1.54, 1.807) is 0 Å². The van der Waals surface area contributed by atoms with E-state index in [-0.39, 0.29) is 0 Å². The fourth-order valence-electron chi connectivity index (χ4n) is 2.20. The third-order valence-electron chi connectivity index (χ3n) is 3.12. The van der Waals surface area contributed by atoms with Crippen molar-refractivity contribution in [1.82, 2.24) is 10.3 Å². The molecule has 0 bridgehead atoms. The number of pyridine rings is 1. The first-order valence-corrected chi connectivity index (χ1v) is 7.46. The number of rotatable bonds is 8. The Labute approximate surface area is 118 Å². The Morgan fingerprint density at radius 2 is 2.00 bits per heavy atom. The molecule has 1 aromatic heterocycles. The maximum absolute atomic E-state index is 4.31. The van der Waals surface area contributed by atoms with Crippen LogP contribution in [0.4, 0.5) is 5.69 Å². The maximum atomic E-state index is 4.31. The summed E-state index contributed by atoms with van der Waals surface area (Å²) in [5.74, 6) is 0.652. The van der Waals surface area contributed by atoms with Gasteiger partial charge in [-0.15, -0.1) is 0 Å². The zero-order valence-corrected chi connectivity index (χ0v) is 13.1. The highest BCUT2D eigenvalue weighted by Gasteiger charge is 2.15. The second kappa shape index (κ2) is 8.16. The zero-order valence-electron chi connectivity index (χ0n) is 13.1. The second-order valence-corrected chi connectivity index (χ2v) is 5.82. The maximum Gasteiger partial charge on any atom is 0.0600 e. The molecule has 0 aliphatic rings. The highest BCUT2D eigenvalue weighted by Crippen LogP contribution is 2.22. The number of anilines is 1. The molecule has 0 saturated heterocycles. The number of hydrogen-bond donors (Lipinski definition) is 1. The lowest BCUT2D eigenvalue weighted by molar-refractivity contribution is 0.566. The number of nitrogens with zero attached hydrogens (tertiary/aromatic N) is 2. The first kappa shape index (κ1) is 16.0. The molecular weight excluding hydrogens is 234 g/mol. The third-order valence-corrected chi connectivity index (χ3v) is 3.12. The number of aromatic nitrogens is 1. The summed E-state index contributed by atoms with van der Waals surface area (Å²) in [6.07, 6.45) is 5.06. The fraction of sp³-hybridized carbons (Fsp3) is 0.688. The molecule has 108 valence electrons. The van der Waals surface area contributed by atoms with E-state index in [4.69, 9.17) is 0 Å². The summed E-state index contributed by atoms with van der Waals surface area (Å²) in [5.41, 5.74) is 2.62. The molecule has 0 aliphatic heterocycles. The minimum atomic E-state index is 0.497. The highest BCUT2D eigenvalue weighted by molar-refractivity contribution is 5.52. The molecule has 0 atom stereocenters. The van der Waals surface area contributed by atoms with E-state index in [2.05, 4.69) is 55.9 Å². The van der Waals surface area contributed by atoms with Gasteiger partial charge < -0.3 is 10.2 Å². The molecule has 0 aromatic carbocycles. The van der Waals surface area contributed by atoms with Gasteiger partial charge in [-0.2, -0.15) is 0 Å². The lowest BCUT2D eigenvalue weighted by atomic mass is 10.1. The van der Waals surface area contributed by atoms with Crippen molar-refractivity contribution in [3.63, 3.8) is 0 Å². The van der Waals surface area contributed by atoms with E-state index >= 15 is 0 Å². The van der Waals surface area contributed by atoms with Crippen LogP contribution >= 0.6 is 0 Å². The van der Waals surface area contributed by atoms with Crippen molar-refractivity contribution in [2.45, 2.75) is 53.6 Å². The van der Waals surface area contributed by atoms with Gasteiger partial charge >= 0.3 is 0 Å². The van der Waals surface area contributed by atoms with Gasteiger partial charge in [-0.3, -0.25) is 4.98 Å². The summed E-state index contributed by atoms with van der Waals surface area (Å²) in [6.45, 7) is 14.3. The average molecular weight is 263 g/mol. The van der Waals surface area contributed by atoms with Gasteiger partial charge in [0.2, 0.25) is 0 Å². The predicted molar refractivity (Wildman–Crippen MR) is 83.6 cm³/mol. The minimum absolute atomic E-state index is 0.497. The molecule has 3 heteroatoms. The molecule has 0 spiro atoms. The molecule has 0 amide bonds. The van der Waals surface area contributed by atoms with Crippen molar-refractivity contribution in [3.8, 4) is 0 Å². The van der Waals surface area contributed by atoms with Gasteiger partial charge in [0.25, 0.3) is 0 Å². The summed E-state index contributed by atoms with van der Waals surface area (Å²) in [6, 6.07) is 2.63. The van der Waals surface area contributed by atoms with Gasteiger partial charge in [0.15, 0.2) is 0 Å². The van der Waals surface area contributed by atoms with Gasteiger partial charge in [0, 0.05) is 25.3 Å². The third kappa shape index (κ3) is 5.19. The van der Waals surface area contributed by atoms with Crippen LogP contribution in [0.5, 0.6) is 0 Å². The van der Waals surface area contributed by atoms with E-state index in [1.807, 2.05) is 12.4 Å². The van der Waals surface area contributed by atoms with E-state index in [9.17, 15) is 0 Å². The SMILES string of the molecule is CCCNCc1ccncc1N(CC(C)C)C(C)C. The molecule has 1 rings (SSSR count). The van der Waals surface area contributed by atoms with Crippen molar-refractivity contribution < 1.29 is 0 Å². The average Bonchev–Trinajstić information content (AvgIpc) is 2.36. The quantitative estimate of drug-likeness (QED) is 0.728. The smallest absolute Gasteiger partial charge is 0.0600 e. The normalized spacial score (nSPS) is 11.3. The first-order chi connectivity index (χ1) is 9.06. The molecule has 1 aromatic rings. The molecule has 1 heterocycles. The van der Waals surface area contributed by atoms with Crippen molar-refractivity contribution >= 4 is 5.69 Å². The lowest BCUT2D eigenvalue weighted by Gasteiger charge is -2.32. The minimum Gasteiger partial charge on any atom is -0.367 e. The monoisotopic (exact) mass is 263 g/mol. The van der Waals surface area contributed by atoms with Crippen molar-refractivity contribution in [1.29, 1.82) is 0 Å². The Kier molecular flexibility index (Phi) is 6.85. The van der Waals surface area contributed by atoms with Crippen molar-refractivity contribution in [3.05, 3.63) is 24.0 Å². The van der Waals surface area contributed by atoms with Gasteiger partial charge in [0.1, 0.15) is 0 Å². The molecule has 0 radical (unpaired) electrons. The summed E-state index contributed by atoms with van der Waals surface area (Å²) < 4.78 is 0. The zero-order chi connectivity index (χ0) is 14.3. The predicted octanol–water partition coefficient (Wildman–Crippen LogP) is 3.45. The van der Waals surface area contributed by atoms with Crippen LogP contribution < -0.4 is 10.2 Å². The van der Waals surface area contributed by atoms with Crippen molar-refractivity contribution in [2.75, 3.05) is 18.0 Å². The number of nitrogens with one attached hydrogen (secondary N) is 1. The van der Waals surface area contributed by atoms with Crippen LogP contribution in [0, 0.1) is 5.92 Å². The van der Waals surface area contributed by atoms with Crippen LogP contribution in [0.15, 0.2) is 18.5 Å². The van der Waals surface area contributed by atoms with Crippen LogP contribution in [0.1, 0.15) is 46.6 Å². The van der Waals surface area contributed by atoms with E-state index in [0.29, 0.717) is 12.0 Å². The molecule has 0 aliphatic carbocycles. The highest BCUT2D eigenvalue weighted by atomic mass is 15.2. The van der Waals surface area contributed by atoms with Crippen LogP contribution in [-0.4, -0.2) is 24.1 Å². The second-order valence-electron chi connectivity index (χ2n) is 5.82. The van der Waals surface area contributed by atoms with Crippen LogP contribution in [0.2, 0.25) is 0 Å². The van der Waals surface area contributed by atoms with E-state index in [0.717, 1.165) is 19.6 Å². The molecule has 3 nitrogen and oxygen atoms in total. The van der Waals surface area contributed by atoms with Crippen molar-refractivity contribution in [2.24, 2.45) is 5.92 Å². The summed E-state index contributed by atoms with van der Waals surface area (Å²) in [5, 5.41) is 3.48. The Hall–Kier alpha value is -1.09. The standard InChI is InChI=1S/C16H29N3/c1-6-8-17-10-15-7-9-18-11-16(15)19(14(4)5)12-13(2)3/h7,9,11,13-14,17H,6,8,10,12H2,1-5H3. The summed E-state index contributed by atoms with van der Waals surface area (Å²) in [7, 11) is 0. The fourth-order valence-corrected chi connectivity index (χ4v) is 2.20. The molecule has 0 saturated carbocycles.